The molecule has 1 aromatic carbocycles. The second-order valence-electron chi connectivity index (χ2n) is 3.82. The maximum absolute atomic E-state index is 11.0. The molecule has 3 N–H and O–H groups in total. The monoisotopic (exact) mass is 354 g/mol. The normalized spacial score (nSPS) is 10.0. The van der Waals surface area contributed by atoms with Gasteiger partial charge in [0.1, 0.15) is 17.3 Å². The fourth-order valence-corrected chi connectivity index (χ4v) is 1.96. The summed E-state index contributed by atoms with van der Waals surface area (Å²) in [6, 6.07) is 7.59. The molecule has 0 aliphatic heterocycles. The van der Waals surface area contributed by atoms with Gasteiger partial charge in [0.2, 0.25) is 0 Å². The van der Waals surface area contributed by atoms with Gasteiger partial charge in [0.05, 0.1) is 16.5 Å². The molecule has 0 aliphatic carbocycles. The average molecular weight is 355 g/mol. The van der Waals surface area contributed by atoms with Crippen LogP contribution in [0.2, 0.25) is 0 Å². The lowest BCUT2D eigenvalue weighted by Gasteiger charge is -2.09. The third-order valence-electron chi connectivity index (χ3n) is 2.53. The molecular weight excluding hydrogens is 344 g/mol. The lowest BCUT2D eigenvalue weighted by atomic mass is 10.3. The molecular formula is C12H11BrN4O4. The number of nitro groups is 1. The van der Waals surface area contributed by atoms with E-state index in [1.54, 1.807) is 18.2 Å². The van der Waals surface area contributed by atoms with Gasteiger partial charge in [0.25, 0.3) is 0 Å². The van der Waals surface area contributed by atoms with Crippen molar-refractivity contribution in [1.82, 2.24) is 4.98 Å². The standard InChI is InChI=1S/C12H11BrN4O4/c1-20-7-2-4-10(8(13)6-7)21-12-9(17(18)19)3-5-11(15-12)16-14/h2-6H,14H2,1H3,(H,15,16). The summed E-state index contributed by atoms with van der Waals surface area (Å²) in [6.07, 6.45) is 0. The Labute approximate surface area is 128 Å². The van der Waals surface area contributed by atoms with Crippen molar-refractivity contribution in [2.45, 2.75) is 0 Å². The number of hydrogen-bond acceptors (Lipinski definition) is 7. The maximum atomic E-state index is 11.0. The second kappa shape index (κ2) is 6.37. The van der Waals surface area contributed by atoms with E-state index in [4.69, 9.17) is 15.3 Å². The Morgan fingerprint density at radius 2 is 2.14 bits per heavy atom. The molecule has 2 aromatic rings. The van der Waals surface area contributed by atoms with Crippen molar-refractivity contribution in [3.63, 3.8) is 0 Å². The molecule has 110 valence electrons. The van der Waals surface area contributed by atoms with Crippen LogP contribution in [0.25, 0.3) is 0 Å². The number of nitrogens with two attached hydrogens (primary N) is 1. The van der Waals surface area contributed by atoms with Crippen LogP contribution < -0.4 is 20.7 Å². The van der Waals surface area contributed by atoms with Gasteiger partial charge >= 0.3 is 11.6 Å². The van der Waals surface area contributed by atoms with E-state index in [1.807, 2.05) is 0 Å². The van der Waals surface area contributed by atoms with Crippen LogP contribution in [0.3, 0.4) is 0 Å². The van der Waals surface area contributed by atoms with Crippen molar-refractivity contribution in [1.29, 1.82) is 0 Å². The van der Waals surface area contributed by atoms with E-state index in [1.165, 1.54) is 19.2 Å². The summed E-state index contributed by atoms with van der Waals surface area (Å²) in [5.74, 6) is 6.31. The van der Waals surface area contributed by atoms with E-state index in [0.29, 0.717) is 16.0 Å². The Balaban J connectivity index is 2.40. The van der Waals surface area contributed by atoms with Gasteiger partial charge < -0.3 is 14.9 Å². The number of pyridine rings is 1. The SMILES string of the molecule is COc1ccc(Oc2nc(NN)ccc2[N+](=O)[O-])c(Br)c1. The molecule has 0 atom stereocenters. The Bertz CT molecular complexity index is 680. The number of methoxy groups -OCH3 is 1. The highest BCUT2D eigenvalue weighted by atomic mass is 79.9. The van der Waals surface area contributed by atoms with E-state index in [-0.39, 0.29) is 17.4 Å². The van der Waals surface area contributed by atoms with Crippen molar-refractivity contribution in [3.05, 3.63) is 44.9 Å². The van der Waals surface area contributed by atoms with E-state index < -0.39 is 4.92 Å². The van der Waals surface area contributed by atoms with Gasteiger partial charge in [-0.2, -0.15) is 4.98 Å². The number of hydrogen-bond donors (Lipinski definition) is 2. The molecule has 0 fully saturated rings. The molecule has 0 aliphatic rings. The highest BCUT2D eigenvalue weighted by molar-refractivity contribution is 9.10. The average Bonchev–Trinajstić information content (AvgIpc) is 2.48. The number of anilines is 1. The molecule has 8 nitrogen and oxygen atoms in total. The summed E-state index contributed by atoms with van der Waals surface area (Å²) in [5.41, 5.74) is 2.04. The molecule has 0 saturated heterocycles. The smallest absolute Gasteiger partial charge is 0.331 e. The molecule has 0 unspecified atom stereocenters. The highest BCUT2D eigenvalue weighted by Crippen LogP contribution is 2.36. The molecule has 2 rings (SSSR count). The lowest BCUT2D eigenvalue weighted by Crippen LogP contribution is -2.09. The predicted octanol–water partition coefficient (Wildman–Crippen LogP) is 2.84. The summed E-state index contributed by atoms with van der Waals surface area (Å²) in [6.45, 7) is 0. The van der Waals surface area contributed by atoms with E-state index in [2.05, 4.69) is 26.3 Å². The summed E-state index contributed by atoms with van der Waals surface area (Å²) in [4.78, 5) is 14.4. The zero-order valence-electron chi connectivity index (χ0n) is 10.9. The molecule has 0 saturated carbocycles. The Morgan fingerprint density at radius 1 is 1.38 bits per heavy atom. The molecule has 1 aromatic heterocycles. The molecule has 0 spiro atoms. The maximum Gasteiger partial charge on any atom is 0.331 e. The number of nitrogen functional groups attached to an aromatic ring is 1. The molecule has 1 heterocycles. The van der Waals surface area contributed by atoms with Crippen molar-refractivity contribution in [2.75, 3.05) is 12.5 Å². The van der Waals surface area contributed by atoms with E-state index in [0.717, 1.165) is 0 Å². The van der Waals surface area contributed by atoms with Crippen LogP contribution in [-0.2, 0) is 0 Å². The Hall–Kier alpha value is -2.39. The van der Waals surface area contributed by atoms with Crippen LogP contribution in [-0.4, -0.2) is 17.0 Å². The second-order valence-corrected chi connectivity index (χ2v) is 4.67. The lowest BCUT2D eigenvalue weighted by molar-refractivity contribution is -0.386. The van der Waals surface area contributed by atoms with Crippen LogP contribution in [0.15, 0.2) is 34.8 Å². The van der Waals surface area contributed by atoms with Gasteiger partial charge in [-0.25, -0.2) is 5.84 Å². The summed E-state index contributed by atoms with van der Waals surface area (Å²) in [5, 5.41) is 11.0. The van der Waals surface area contributed by atoms with Gasteiger partial charge in [0, 0.05) is 6.07 Å². The largest absolute Gasteiger partial charge is 0.497 e. The van der Waals surface area contributed by atoms with Crippen LogP contribution in [0, 0.1) is 10.1 Å². The topological polar surface area (TPSA) is 113 Å². The first kappa shape index (κ1) is 15.0. The van der Waals surface area contributed by atoms with Crippen molar-refractivity contribution >= 4 is 27.4 Å². The third-order valence-corrected chi connectivity index (χ3v) is 3.15. The number of halogens is 1. The molecule has 0 amide bonds. The van der Waals surface area contributed by atoms with Gasteiger partial charge in [-0.3, -0.25) is 10.1 Å². The fraction of sp³-hybridized carbons (Fsp3) is 0.0833. The first-order valence-corrected chi connectivity index (χ1v) is 6.48. The van der Waals surface area contributed by atoms with Gasteiger partial charge in [-0.1, -0.05) is 0 Å². The first-order valence-electron chi connectivity index (χ1n) is 5.68. The number of ether oxygens (including phenoxy) is 2. The minimum Gasteiger partial charge on any atom is -0.497 e. The predicted molar refractivity (Wildman–Crippen MR) is 79.5 cm³/mol. The molecule has 9 heteroatoms. The van der Waals surface area contributed by atoms with Crippen LogP contribution >= 0.6 is 15.9 Å². The van der Waals surface area contributed by atoms with Crippen LogP contribution in [0.5, 0.6) is 17.4 Å². The minimum absolute atomic E-state index is 0.165. The first-order chi connectivity index (χ1) is 10.0. The minimum atomic E-state index is -0.583. The summed E-state index contributed by atoms with van der Waals surface area (Å²) < 4.78 is 11.1. The Morgan fingerprint density at radius 3 is 2.71 bits per heavy atom. The number of aromatic nitrogens is 1. The van der Waals surface area contributed by atoms with Crippen LogP contribution in [0.4, 0.5) is 11.5 Å². The highest BCUT2D eigenvalue weighted by Gasteiger charge is 2.19. The third kappa shape index (κ3) is 3.38. The van der Waals surface area contributed by atoms with Crippen LogP contribution in [0.1, 0.15) is 0 Å². The van der Waals surface area contributed by atoms with Crippen molar-refractivity contribution in [3.8, 4) is 17.4 Å². The molecule has 21 heavy (non-hydrogen) atoms. The fourth-order valence-electron chi connectivity index (χ4n) is 1.52. The van der Waals surface area contributed by atoms with Crippen molar-refractivity contribution in [2.24, 2.45) is 5.84 Å². The number of hydrazine groups is 1. The van der Waals surface area contributed by atoms with Gasteiger partial charge in [0.15, 0.2) is 0 Å². The summed E-state index contributed by atoms with van der Waals surface area (Å²) in [7, 11) is 1.53. The van der Waals surface area contributed by atoms with E-state index in [9.17, 15) is 10.1 Å². The summed E-state index contributed by atoms with van der Waals surface area (Å²) >= 11 is 3.30. The van der Waals surface area contributed by atoms with Gasteiger partial charge in [-0.05, 0) is 40.2 Å². The Kier molecular flexibility index (Phi) is 4.55. The molecule has 0 bridgehead atoms. The van der Waals surface area contributed by atoms with Gasteiger partial charge in [-0.15, -0.1) is 0 Å². The zero-order valence-corrected chi connectivity index (χ0v) is 12.5. The number of rotatable bonds is 5. The van der Waals surface area contributed by atoms with Crippen molar-refractivity contribution < 1.29 is 14.4 Å². The van der Waals surface area contributed by atoms with E-state index >= 15 is 0 Å². The zero-order chi connectivity index (χ0) is 15.4. The number of nitrogens with zero attached hydrogens (tertiary/aromatic N) is 2. The molecule has 0 radical (unpaired) electrons. The number of nitrogens with one attached hydrogen (secondary N) is 1. The quantitative estimate of drug-likeness (QED) is 0.482. The number of benzene rings is 1.